The van der Waals surface area contributed by atoms with Crippen LogP contribution in [0, 0.1) is 0 Å². The van der Waals surface area contributed by atoms with E-state index in [4.69, 9.17) is 10.2 Å². The molecule has 0 saturated carbocycles. The minimum atomic E-state index is 0.806. The van der Waals surface area contributed by atoms with Crippen LogP contribution in [-0.2, 0) is 0 Å². The molecule has 0 atom stereocenters. The van der Waals surface area contributed by atoms with Crippen LogP contribution in [0.3, 0.4) is 0 Å². The summed E-state index contributed by atoms with van der Waals surface area (Å²) in [5.74, 6) is 0. The Balaban J connectivity index is 1.58. The smallest absolute Gasteiger partial charge is 0.128 e. The van der Waals surface area contributed by atoms with Gasteiger partial charge in [-0.1, -0.05) is 60.7 Å². The maximum Gasteiger partial charge on any atom is 0.128 e. The molecule has 0 saturated heterocycles. The number of anilines is 3. The molecule has 0 amide bonds. The van der Waals surface area contributed by atoms with Crippen LogP contribution in [0.5, 0.6) is 0 Å². The van der Waals surface area contributed by atoms with Gasteiger partial charge in [-0.25, -0.2) is 0 Å². The second kappa shape index (κ2) is 9.16. The zero-order chi connectivity index (χ0) is 23.6. The molecule has 0 unspecified atom stereocenters. The predicted molar refractivity (Wildman–Crippen MR) is 144 cm³/mol. The number of hydrogen-bond acceptors (Lipinski definition) is 4. The van der Waals surface area contributed by atoms with Crippen LogP contribution >= 0.6 is 15.9 Å². The molecule has 6 aromatic rings. The van der Waals surface area contributed by atoms with Gasteiger partial charge in [-0.3, -0.25) is 4.98 Å². The van der Waals surface area contributed by atoms with Gasteiger partial charge in [-0.15, -0.1) is 10.2 Å². The molecule has 2 aromatic heterocycles. The van der Waals surface area contributed by atoms with Gasteiger partial charge >= 0.3 is 0 Å². The maximum absolute atomic E-state index is 4.90. The van der Waals surface area contributed by atoms with Crippen molar-refractivity contribution >= 4 is 44.0 Å². The number of fused-ring (bicyclic) bond motifs is 1. The fourth-order valence-electron chi connectivity index (χ4n) is 4.25. The molecule has 0 bridgehead atoms. The van der Waals surface area contributed by atoms with E-state index in [1.165, 1.54) is 0 Å². The number of pyridine rings is 1. The van der Waals surface area contributed by atoms with Crippen LogP contribution in [0.2, 0.25) is 0 Å². The summed E-state index contributed by atoms with van der Waals surface area (Å²) in [7, 11) is 0. The van der Waals surface area contributed by atoms with Crippen molar-refractivity contribution in [3.8, 4) is 16.8 Å². The molecule has 6 heteroatoms. The molecule has 6 rings (SSSR count). The molecule has 168 valence electrons. The number of halogens is 1. The SMILES string of the molecule is Brc1ccc(-c2ccccc2N(c2ccccc2)c2ccccc2)c2nn(-c3ccncc3)nc12. The van der Waals surface area contributed by atoms with E-state index in [9.17, 15) is 0 Å². The van der Waals surface area contributed by atoms with Crippen LogP contribution in [0.25, 0.3) is 27.8 Å². The van der Waals surface area contributed by atoms with Gasteiger partial charge in [0.1, 0.15) is 11.0 Å². The summed E-state index contributed by atoms with van der Waals surface area (Å²) in [4.78, 5) is 8.05. The van der Waals surface area contributed by atoms with E-state index in [1.54, 1.807) is 17.2 Å². The van der Waals surface area contributed by atoms with E-state index in [0.29, 0.717) is 0 Å². The number of rotatable bonds is 5. The highest BCUT2D eigenvalue weighted by atomic mass is 79.9. The lowest BCUT2D eigenvalue weighted by Crippen LogP contribution is -2.11. The summed E-state index contributed by atoms with van der Waals surface area (Å²) in [6, 6.07) is 37.2. The Kier molecular flexibility index (Phi) is 5.56. The minimum Gasteiger partial charge on any atom is -0.310 e. The lowest BCUT2D eigenvalue weighted by Gasteiger charge is -2.27. The van der Waals surface area contributed by atoms with Crippen molar-refractivity contribution in [3.63, 3.8) is 0 Å². The van der Waals surface area contributed by atoms with Crippen LogP contribution in [-0.4, -0.2) is 20.0 Å². The van der Waals surface area contributed by atoms with Gasteiger partial charge in [0.15, 0.2) is 0 Å². The summed E-state index contributed by atoms with van der Waals surface area (Å²) in [6.45, 7) is 0. The minimum absolute atomic E-state index is 0.806. The predicted octanol–water partition coefficient (Wildman–Crippen LogP) is 7.71. The quantitative estimate of drug-likeness (QED) is 0.235. The van der Waals surface area contributed by atoms with Crippen LogP contribution < -0.4 is 4.90 Å². The van der Waals surface area contributed by atoms with Crippen molar-refractivity contribution in [2.45, 2.75) is 0 Å². The first-order valence-corrected chi connectivity index (χ1v) is 12.0. The van der Waals surface area contributed by atoms with E-state index in [-0.39, 0.29) is 0 Å². The first-order chi connectivity index (χ1) is 17.3. The van der Waals surface area contributed by atoms with Gasteiger partial charge in [0.05, 0.1) is 11.4 Å². The lowest BCUT2D eigenvalue weighted by molar-refractivity contribution is 0.764. The Hall–Kier alpha value is -4.29. The van der Waals surface area contributed by atoms with E-state index in [2.05, 4.69) is 105 Å². The van der Waals surface area contributed by atoms with Gasteiger partial charge in [0, 0.05) is 39.4 Å². The molecule has 35 heavy (non-hydrogen) atoms. The summed E-state index contributed by atoms with van der Waals surface area (Å²) in [5.41, 5.74) is 7.80. The number of hydrogen-bond donors (Lipinski definition) is 0. The fourth-order valence-corrected chi connectivity index (χ4v) is 4.65. The molecule has 0 aliphatic rings. The molecule has 0 aliphatic heterocycles. The Labute approximate surface area is 211 Å². The van der Waals surface area contributed by atoms with E-state index < -0.39 is 0 Å². The zero-order valence-electron chi connectivity index (χ0n) is 18.7. The highest BCUT2D eigenvalue weighted by molar-refractivity contribution is 9.10. The van der Waals surface area contributed by atoms with Crippen LogP contribution in [0.1, 0.15) is 0 Å². The van der Waals surface area contributed by atoms with Crippen LogP contribution in [0.15, 0.2) is 126 Å². The molecule has 4 aromatic carbocycles. The van der Waals surface area contributed by atoms with Crippen molar-refractivity contribution < 1.29 is 0 Å². The molecule has 0 radical (unpaired) electrons. The monoisotopic (exact) mass is 517 g/mol. The lowest BCUT2D eigenvalue weighted by atomic mass is 10.0. The van der Waals surface area contributed by atoms with E-state index >= 15 is 0 Å². The second-order valence-electron chi connectivity index (χ2n) is 8.01. The van der Waals surface area contributed by atoms with Crippen LogP contribution in [0.4, 0.5) is 17.1 Å². The first kappa shape index (κ1) is 21.3. The van der Waals surface area contributed by atoms with Crippen molar-refractivity contribution in [1.82, 2.24) is 20.0 Å². The van der Waals surface area contributed by atoms with Gasteiger partial charge < -0.3 is 4.90 Å². The third-order valence-electron chi connectivity index (χ3n) is 5.85. The molecule has 0 N–H and O–H groups in total. The molecular weight excluding hydrogens is 498 g/mol. The molecule has 5 nitrogen and oxygen atoms in total. The summed E-state index contributed by atoms with van der Waals surface area (Å²) >= 11 is 3.67. The Morgan fingerprint density at radius 3 is 1.86 bits per heavy atom. The summed E-state index contributed by atoms with van der Waals surface area (Å²) < 4.78 is 0.900. The fraction of sp³-hybridized carbons (Fsp3) is 0. The Morgan fingerprint density at radius 2 is 1.17 bits per heavy atom. The Bertz CT molecular complexity index is 1560. The number of para-hydroxylation sites is 3. The third kappa shape index (κ3) is 3.98. The standard InChI is InChI=1S/C29H20BrN5/c30-26-16-15-25(28-29(26)33-35(32-28)23-17-19-31-20-18-23)24-13-7-8-14-27(24)34(21-9-3-1-4-10-21)22-11-5-2-6-12-22/h1-20H. The van der Waals surface area contributed by atoms with Crippen molar-refractivity contribution in [2.24, 2.45) is 0 Å². The molecule has 0 fully saturated rings. The average molecular weight is 518 g/mol. The average Bonchev–Trinajstić information content (AvgIpc) is 3.38. The Morgan fingerprint density at radius 1 is 0.571 bits per heavy atom. The van der Waals surface area contributed by atoms with E-state index in [1.807, 2.05) is 30.3 Å². The normalized spacial score (nSPS) is 11.0. The van der Waals surface area contributed by atoms with Gasteiger partial charge in [0.2, 0.25) is 0 Å². The van der Waals surface area contributed by atoms with Gasteiger partial charge in [-0.05, 0) is 64.5 Å². The largest absolute Gasteiger partial charge is 0.310 e. The third-order valence-corrected chi connectivity index (χ3v) is 6.49. The van der Waals surface area contributed by atoms with Crippen molar-refractivity contribution in [3.05, 3.63) is 126 Å². The summed E-state index contributed by atoms with van der Waals surface area (Å²) in [5, 5.41) is 9.67. The second-order valence-corrected chi connectivity index (χ2v) is 8.87. The molecule has 2 heterocycles. The number of nitrogens with zero attached hydrogens (tertiary/aromatic N) is 5. The van der Waals surface area contributed by atoms with Gasteiger partial charge in [0.25, 0.3) is 0 Å². The summed E-state index contributed by atoms with van der Waals surface area (Å²) in [6.07, 6.45) is 3.48. The number of aromatic nitrogens is 4. The van der Waals surface area contributed by atoms with Crippen molar-refractivity contribution in [1.29, 1.82) is 0 Å². The topological polar surface area (TPSA) is 46.8 Å². The van der Waals surface area contributed by atoms with Crippen molar-refractivity contribution in [2.75, 3.05) is 4.90 Å². The molecule has 0 spiro atoms. The molecular formula is C29H20BrN5. The maximum atomic E-state index is 4.90. The number of benzene rings is 4. The first-order valence-electron chi connectivity index (χ1n) is 11.3. The zero-order valence-corrected chi connectivity index (χ0v) is 20.2. The highest BCUT2D eigenvalue weighted by Gasteiger charge is 2.20. The molecule has 0 aliphatic carbocycles. The van der Waals surface area contributed by atoms with E-state index in [0.717, 1.165) is 49.4 Å². The highest BCUT2D eigenvalue weighted by Crippen LogP contribution is 2.42. The van der Waals surface area contributed by atoms with Gasteiger partial charge in [-0.2, -0.15) is 4.80 Å².